The molecular weight excluding hydrogens is 456 g/mol. The maximum Gasteiger partial charge on any atom is 0.321 e. The van der Waals surface area contributed by atoms with Crippen LogP contribution in [-0.4, -0.2) is 61.4 Å². The summed E-state index contributed by atoms with van der Waals surface area (Å²) in [5.41, 5.74) is 2.84. The van der Waals surface area contributed by atoms with Gasteiger partial charge in [0, 0.05) is 57.9 Å². The van der Waals surface area contributed by atoms with Gasteiger partial charge >= 0.3 is 6.03 Å². The van der Waals surface area contributed by atoms with E-state index in [0.717, 1.165) is 17.0 Å². The van der Waals surface area contributed by atoms with Crippen molar-refractivity contribution in [2.24, 2.45) is 0 Å². The number of rotatable bonds is 8. The Kier molecular flexibility index (Phi) is 6.58. The molecule has 3 aromatic rings. The highest BCUT2D eigenvalue weighted by Crippen LogP contribution is 2.23. The van der Waals surface area contributed by atoms with Gasteiger partial charge in [-0.15, -0.1) is 0 Å². The standard InChI is InChI=1S/C23H28N6O4S/c1-4-28-20-10-9-18(34(32,33)27(2)3)15-19(20)26-21(28)11-12-22(30)25-16-5-7-17(8-6-16)29-14-13-24-23(29)31/h5-10,15H,4,11-14H2,1-3H3,(H,24,31)(H,25,30). The lowest BCUT2D eigenvalue weighted by molar-refractivity contribution is -0.116. The van der Waals surface area contributed by atoms with E-state index in [0.29, 0.717) is 37.3 Å². The number of nitrogens with one attached hydrogen (secondary N) is 2. The van der Waals surface area contributed by atoms with Crippen molar-refractivity contribution >= 4 is 44.4 Å². The second-order valence-electron chi connectivity index (χ2n) is 8.19. The first-order chi connectivity index (χ1) is 16.2. The largest absolute Gasteiger partial charge is 0.336 e. The molecule has 1 saturated heterocycles. The zero-order chi connectivity index (χ0) is 24.5. The number of fused-ring (bicyclic) bond motifs is 1. The maximum absolute atomic E-state index is 12.5. The smallest absolute Gasteiger partial charge is 0.321 e. The van der Waals surface area contributed by atoms with Gasteiger partial charge in [-0.3, -0.25) is 9.69 Å². The molecule has 2 N–H and O–H groups in total. The van der Waals surface area contributed by atoms with Crippen LogP contribution in [-0.2, 0) is 27.8 Å². The van der Waals surface area contributed by atoms with Crippen molar-refractivity contribution in [3.05, 3.63) is 48.3 Å². The number of amides is 3. The van der Waals surface area contributed by atoms with Crippen molar-refractivity contribution in [3.63, 3.8) is 0 Å². The molecule has 1 aromatic heterocycles. The van der Waals surface area contributed by atoms with E-state index in [1.165, 1.54) is 18.4 Å². The molecule has 0 spiro atoms. The van der Waals surface area contributed by atoms with E-state index >= 15 is 0 Å². The quantitative estimate of drug-likeness (QED) is 0.509. The summed E-state index contributed by atoms with van der Waals surface area (Å²) in [7, 11) is -0.574. The van der Waals surface area contributed by atoms with E-state index in [2.05, 4.69) is 15.6 Å². The van der Waals surface area contributed by atoms with Crippen molar-refractivity contribution in [1.29, 1.82) is 0 Å². The normalized spacial score (nSPS) is 14.1. The number of benzene rings is 2. The predicted octanol–water partition coefficient (Wildman–Crippen LogP) is 2.41. The molecule has 4 rings (SSSR count). The summed E-state index contributed by atoms with van der Waals surface area (Å²) >= 11 is 0. The van der Waals surface area contributed by atoms with Gasteiger partial charge in [0.1, 0.15) is 5.82 Å². The summed E-state index contributed by atoms with van der Waals surface area (Å²) < 4.78 is 28.1. The van der Waals surface area contributed by atoms with Gasteiger partial charge in [-0.2, -0.15) is 0 Å². The molecule has 0 saturated carbocycles. The van der Waals surface area contributed by atoms with Crippen LogP contribution in [0, 0.1) is 0 Å². The Balaban J connectivity index is 1.44. The van der Waals surface area contributed by atoms with Gasteiger partial charge in [-0.1, -0.05) is 0 Å². The number of carbonyl (C=O) groups is 2. The van der Waals surface area contributed by atoms with Crippen LogP contribution in [0.25, 0.3) is 11.0 Å². The summed E-state index contributed by atoms with van der Waals surface area (Å²) in [5.74, 6) is 0.569. The minimum Gasteiger partial charge on any atom is -0.336 e. The van der Waals surface area contributed by atoms with Gasteiger partial charge in [0.05, 0.1) is 15.9 Å². The van der Waals surface area contributed by atoms with E-state index in [4.69, 9.17) is 0 Å². The zero-order valence-electron chi connectivity index (χ0n) is 19.4. The van der Waals surface area contributed by atoms with Crippen molar-refractivity contribution in [1.82, 2.24) is 19.2 Å². The number of carbonyl (C=O) groups excluding carboxylic acids is 2. The minimum absolute atomic E-state index is 0.123. The summed E-state index contributed by atoms with van der Waals surface area (Å²) in [6.45, 7) is 3.87. The first kappa shape index (κ1) is 23.7. The molecule has 2 aromatic carbocycles. The Morgan fingerprint density at radius 3 is 2.53 bits per heavy atom. The highest BCUT2D eigenvalue weighted by atomic mass is 32.2. The molecule has 0 bridgehead atoms. The van der Waals surface area contributed by atoms with E-state index < -0.39 is 10.0 Å². The second kappa shape index (κ2) is 9.43. The van der Waals surface area contributed by atoms with Gasteiger partial charge in [0.15, 0.2) is 0 Å². The third-order valence-electron chi connectivity index (χ3n) is 5.79. The summed E-state index contributed by atoms with van der Waals surface area (Å²) in [6.07, 6.45) is 0.638. The third kappa shape index (κ3) is 4.62. The molecule has 1 fully saturated rings. The fourth-order valence-electron chi connectivity index (χ4n) is 3.97. The number of imidazole rings is 1. The van der Waals surface area contributed by atoms with Crippen molar-refractivity contribution in [2.45, 2.75) is 31.2 Å². The van der Waals surface area contributed by atoms with E-state index in [1.54, 1.807) is 47.4 Å². The highest BCUT2D eigenvalue weighted by Gasteiger charge is 2.21. The Morgan fingerprint density at radius 2 is 1.91 bits per heavy atom. The summed E-state index contributed by atoms with van der Waals surface area (Å²) in [5, 5.41) is 5.63. The number of aryl methyl sites for hydroxylation is 2. The second-order valence-corrected chi connectivity index (χ2v) is 10.3. The average Bonchev–Trinajstić information content (AvgIpc) is 3.40. The fraction of sp³-hybridized carbons (Fsp3) is 0.348. The minimum atomic E-state index is -3.56. The predicted molar refractivity (Wildman–Crippen MR) is 130 cm³/mol. The molecule has 180 valence electrons. The molecule has 3 amide bonds. The number of hydrogen-bond acceptors (Lipinski definition) is 5. The average molecular weight is 485 g/mol. The molecule has 10 nitrogen and oxygen atoms in total. The monoisotopic (exact) mass is 484 g/mol. The maximum atomic E-state index is 12.5. The Hall–Kier alpha value is -3.44. The number of urea groups is 1. The lowest BCUT2D eigenvalue weighted by Crippen LogP contribution is -2.27. The van der Waals surface area contributed by atoms with E-state index in [1.807, 2.05) is 11.5 Å². The molecule has 2 heterocycles. The molecule has 1 aliphatic rings. The van der Waals surface area contributed by atoms with Crippen molar-refractivity contribution < 1.29 is 18.0 Å². The number of nitrogens with zero attached hydrogens (tertiary/aromatic N) is 4. The highest BCUT2D eigenvalue weighted by molar-refractivity contribution is 7.89. The zero-order valence-corrected chi connectivity index (χ0v) is 20.2. The third-order valence-corrected chi connectivity index (χ3v) is 7.60. The van der Waals surface area contributed by atoms with Crippen LogP contribution < -0.4 is 15.5 Å². The lowest BCUT2D eigenvalue weighted by atomic mass is 10.2. The molecule has 0 atom stereocenters. The Morgan fingerprint density at radius 1 is 1.18 bits per heavy atom. The molecule has 0 radical (unpaired) electrons. The van der Waals surface area contributed by atoms with Crippen LogP contribution in [0.3, 0.4) is 0 Å². The fourth-order valence-corrected chi connectivity index (χ4v) is 4.89. The Bertz CT molecular complexity index is 1330. The number of anilines is 2. The van der Waals surface area contributed by atoms with Gasteiger partial charge < -0.3 is 15.2 Å². The SMILES string of the molecule is CCn1c(CCC(=O)Nc2ccc(N3CCNC3=O)cc2)nc2cc(S(=O)(=O)N(C)C)ccc21. The molecule has 1 aliphatic heterocycles. The van der Waals surface area contributed by atoms with Gasteiger partial charge in [-0.25, -0.2) is 22.5 Å². The molecule has 0 aliphatic carbocycles. The van der Waals surface area contributed by atoms with Crippen molar-refractivity contribution in [2.75, 3.05) is 37.4 Å². The van der Waals surface area contributed by atoms with Gasteiger partial charge in [-0.05, 0) is 49.4 Å². The van der Waals surface area contributed by atoms with Crippen LogP contribution in [0.2, 0.25) is 0 Å². The first-order valence-corrected chi connectivity index (χ1v) is 12.5. The topological polar surface area (TPSA) is 117 Å². The van der Waals surface area contributed by atoms with E-state index in [9.17, 15) is 18.0 Å². The number of hydrogen-bond donors (Lipinski definition) is 2. The number of aromatic nitrogens is 2. The van der Waals surface area contributed by atoms with Gasteiger partial charge in [0.2, 0.25) is 15.9 Å². The van der Waals surface area contributed by atoms with Crippen LogP contribution in [0.5, 0.6) is 0 Å². The molecular formula is C23H28N6O4S. The van der Waals surface area contributed by atoms with Crippen molar-refractivity contribution in [3.8, 4) is 0 Å². The van der Waals surface area contributed by atoms with Crippen LogP contribution >= 0.6 is 0 Å². The number of sulfonamides is 1. The first-order valence-electron chi connectivity index (χ1n) is 11.1. The van der Waals surface area contributed by atoms with E-state index in [-0.39, 0.29) is 23.3 Å². The summed E-state index contributed by atoms with van der Waals surface area (Å²) in [4.78, 5) is 30.8. The summed E-state index contributed by atoms with van der Waals surface area (Å²) in [6, 6.07) is 11.9. The van der Waals surface area contributed by atoms with Crippen LogP contribution in [0.4, 0.5) is 16.2 Å². The lowest BCUT2D eigenvalue weighted by Gasteiger charge is -2.14. The molecule has 34 heavy (non-hydrogen) atoms. The van der Waals surface area contributed by atoms with Crippen LogP contribution in [0.15, 0.2) is 47.4 Å². The van der Waals surface area contributed by atoms with Gasteiger partial charge in [0.25, 0.3) is 0 Å². The van der Waals surface area contributed by atoms with Crippen LogP contribution in [0.1, 0.15) is 19.2 Å². The Labute approximate surface area is 198 Å². The molecule has 0 unspecified atom stereocenters. The molecule has 11 heteroatoms.